The second-order valence-corrected chi connectivity index (χ2v) is 8.91. The Morgan fingerprint density at radius 3 is 2.55 bits per heavy atom. The van der Waals surface area contributed by atoms with Gasteiger partial charge in [-0.3, -0.25) is 4.79 Å². The van der Waals surface area contributed by atoms with Gasteiger partial charge >= 0.3 is 0 Å². The van der Waals surface area contributed by atoms with Crippen molar-refractivity contribution in [2.75, 3.05) is 18.2 Å². The van der Waals surface area contributed by atoms with Gasteiger partial charge in [-0.25, -0.2) is 9.97 Å². The van der Waals surface area contributed by atoms with Crippen molar-refractivity contribution in [3.05, 3.63) is 95.9 Å². The highest BCUT2D eigenvalue weighted by molar-refractivity contribution is 6.04. The number of nitrogens with one attached hydrogen (secondary N) is 1. The maximum absolute atomic E-state index is 12.6. The number of nitrogen functional groups attached to an aromatic ring is 1. The summed E-state index contributed by atoms with van der Waals surface area (Å²) in [7, 11) is 1.59. The molecule has 1 amide bonds. The molecular weight excluding hydrogens is 482 g/mol. The molecule has 1 unspecified atom stereocenters. The molecule has 0 saturated carbocycles. The molecule has 9 heteroatoms. The Labute approximate surface area is 218 Å². The molecule has 9 nitrogen and oxygen atoms in total. The molecule has 0 fully saturated rings. The Morgan fingerprint density at radius 1 is 1.03 bits per heavy atom. The molecule has 3 N–H and O–H groups in total. The number of benzene rings is 3. The third-order valence-electron chi connectivity index (χ3n) is 6.56. The molecule has 0 saturated heterocycles. The highest BCUT2D eigenvalue weighted by Crippen LogP contribution is 2.41. The van der Waals surface area contributed by atoms with E-state index in [2.05, 4.69) is 19.9 Å². The quantitative estimate of drug-likeness (QED) is 0.305. The van der Waals surface area contributed by atoms with E-state index in [1.165, 1.54) is 6.33 Å². The number of carbonyl (C=O) groups excluding carboxylic acids is 1. The zero-order valence-corrected chi connectivity index (χ0v) is 20.8. The van der Waals surface area contributed by atoms with Crippen LogP contribution in [0.1, 0.15) is 34.6 Å². The zero-order chi connectivity index (χ0) is 26.2. The van der Waals surface area contributed by atoms with E-state index in [1.54, 1.807) is 37.4 Å². The number of methoxy groups -OCH3 is 1. The largest absolute Gasteiger partial charge is 0.497 e. The molecule has 38 heavy (non-hydrogen) atoms. The number of ether oxygens (including phenoxy) is 3. The van der Waals surface area contributed by atoms with Crippen molar-refractivity contribution in [3.63, 3.8) is 0 Å². The highest BCUT2D eigenvalue weighted by Gasteiger charge is 2.30. The molecule has 0 aliphatic carbocycles. The summed E-state index contributed by atoms with van der Waals surface area (Å²) in [5, 5.41) is 2.90. The molecule has 3 heterocycles. The summed E-state index contributed by atoms with van der Waals surface area (Å²) in [6.45, 7) is 2.48. The van der Waals surface area contributed by atoms with E-state index in [-0.39, 0.29) is 12.0 Å². The lowest BCUT2D eigenvalue weighted by atomic mass is 10.1. The van der Waals surface area contributed by atoms with Crippen LogP contribution in [0.4, 0.5) is 11.5 Å². The van der Waals surface area contributed by atoms with Gasteiger partial charge in [-0.2, -0.15) is 0 Å². The Balaban J connectivity index is 1.22. The fraction of sp³-hybridized carbons (Fsp3) is 0.138. The average Bonchev–Trinajstić information content (AvgIpc) is 3.48. The summed E-state index contributed by atoms with van der Waals surface area (Å²) in [4.78, 5) is 21.3. The van der Waals surface area contributed by atoms with Gasteiger partial charge in [-0.15, -0.1) is 0 Å². The summed E-state index contributed by atoms with van der Waals surface area (Å²) < 4.78 is 19.2. The topological polar surface area (TPSA) is 114 Å². The van der Waals surface area contributed by atoms with Crippen LogP contribution < -0.4 is 20.5 Å². The number of anilines is 2. The van der Waals surface area contributed by atoms with Crippen LogP contribution in [0.2, 0.25) is 0 Å². The predicted molar refractivity (Wildman–Crippen MR) is 144 cm³/mol. The van der Waals surface area contributed by atoms with Crippen LogP contribution >= 0.6 is 0 Å². The first kappa shape index (κ1) is 23.5. The molecule has 190 valence electrons. The number of rotatable bonds is 6. The normalized spacial score (nSPS) is 14.3. The van der Waals surface area contributed by atoms with Gasteiger partial charge in [-0.05, 0) is 67.6 Å². The maximum atomic E-state index is 12.6. The van der Waals surface area contributed by atoms with Crippen LogP contribution in [0.15, 0.2) is 79.1 Å². The number of hydrogen-bond acceptors (Lipinski definition) is 7. The lowest BCUT2D eigenvalue weighted by Gasteiger charge is -2.12. The lowest BCUT2D eigenvalue weighted by Crippen LogP contribution is -2.11. The molecule has 0 spiro atoms. The van der Waals surface area contributed by atoms with E-state index in [0.717, 1.165) is 28.0 Å². The van der Waals surface area contributed by atoms with Gasteiger partial charge in [-0.1, -0.05) is 6.07 Å². The van der Waals surface area contributed by atoms with Crippen molar-refractivity contribution in [2.24, 2.45) is 0 Å². The van der Waals surface area contributed by atoms with Crippen LogP contribution in [0.5, 0.6) is 17.2 Å². The molecule has 1 aliphatic rings. The molecule has 0 bridgehead atoms. The number of amides is 1. The predicted octanol–water partition coefficient (Wildman–Crippen LogP) is 5.65. The molecule has 1 aliphatic heterocycles. The molecule has 5 aromatic rings. The van der Waals surface area contributed by atoms with Gasteiger partial charge in [0.05, 0.1) is 25.5 Å². The molecule has 3 aromatic carbocycles. The zero-order valence-electron chi connectivity index (χ0n) is 20.8. The summed E-state index contributed by atoms with van der Waals surface area (Å²) in [5.74, 6) is 2.14. The van der Waals surface area contributed by atoms with Crippen molar-refractivity contribution in [1.82, 2.24) is 14.5 Å². The monoisotopic (exact) mass is 507 g/mol. The standard InChI is InChI=1S/C29H25N5O4/c1-17-25-24(15-37-17)34(27-26(25)31-16-32-28(27)30)20-8-12-22(13-9-20)38-23-5-3-4-19(14-23)33-29(35)18-6-10-21(36-2)11-7-18/h3-14,16-17H,15H2,1-2H3,(H,33,35)(H2,30,31,32). The third-order valence-corrected chi connectivity index (χ3v) is 6.56. The molecule has 0 radical (unpaired) electrons. The van der Waals surface area contributed by atoms with Gasteiger partial charge in [0.25, 0.3) is 5.91 Å². The SMILES string of the molecule is COc1ccc(C(=O)Nc2cccc(Oc3ccc(-n4c5c(c6ncnc(N)c64)C(C)OC5)cc3)c2)cc1. The number of nitrogens with two attached hydrogens (primary N) is 1. The van der Waals surface area contributed by atoms with Crippen LogP contribution in [0.3, 0.4) is 0 Å². The van der Waals surface area contributed by atoms with Crippen LogP contribution in [0.25, 0.3) is 16.7 Å². The smallest absolute Gasteiger partial charge is 0.255 e. The van der Waals surface area contributed by atoms with E-state index in [0.29, 0.717) is 40.9 Å². The third kappa shape index (κ3) is 4.18. The lowest BCUT2D eigenvalue weighted by molar-refractivity contribution is 0.0783. The van der Waals surface area contributed by atoms with Crippen LogP contribution in [-0.2, 0) is 11.3 Å². The van der Waals surface area contributed by atoms with Gasteiger partial charge in [0.1, 0.15) is 34.6 Å². The van der Waals surface area contributed by atoms with Gasteiger partial charge in [0.2, 0.25) is 0 Å². The van der Waals surface area contributed by atoms with Gasteiger partial charge < -0.3 is 29.8 Å². The first-order valence-electron chi connectivity index (χ1n) is 12.1. The summed E-state index contributed by atoms with van der Waals surface area (Å²) in [6, 6.07) is 21.9. The van der Waals surface area contributed by atoms with E-state index >= 15 is 0 Å². The Morgan fingerprint density at radius 2 is 1.79 bits per heavy atom. The second kappa shape index (κ2) is 9.53. The Kier molecular flexibility index (Phi) is 5.89. The fourth-order valence-corrected chi connectivity index (χ4v) is 4.73. The van der Waals surface area contributed by atoms with E-state index < -0.39 is 0 Å². The number of fused-ring (bicyclic) bond motifs is 3. The maximum Gasteiger partial charge on any atom is 0.255 e. The van der Waals surface area contributed by atoms with Gasteiger partial charge in [0, 0.05) is 28.6 Å². The number of carbonyl (C=O) groups is 1. The Hall–Kier alpha value is -4.89. The van der Waals surface area contributed by atoms with E-state index in [9.17, 15) is 4.79 Å². The Bertz CT molecular complexity index is 1640. The minimum Gasteiger partial charge on any atom is -0.497 e. The number of hydrogen-bond donors (Lipinski definition) is 2. The number of nitrogens with zero attached hydrogens (tertiary/aromatic N) is 3. The van der Waals surface area contributed by atoms with Crippen LogP contribution in [0, 0.1) is 0 Å². The first-order valence-corrected chi connectivity index (χ1v) is 12.1. The van der Waals surface area contributed by atoms with E-state index in [1.807, 2.05) is 49.4 Å². The highest BCUT2D eigenvalue weighted by atomic mass is 16.5. The van der Waals surface area contributed by atoms with Gasteiger partial charge in [0.15, 0.2) is 5.82 Å². The summed E-state index contributed by atoms with van der Waals surface area (Å²) in [6.07, 6.45) is 1.42. The average molecular weight is 508 g/mol. The summed E-state index contributed by atoms with van der Waals surface area (Å²) >= 11 is 0. The molecule has 2 aromatic heterocycles. The van der Waals surface area contributed by atoms with E-state index in [4.69, 9.17) is 19.9 Å². The van der Waals surface area contributed by atoms with Crippen molar-refractivity contribution in [3.8, 4) is 22.9 Å². The number of aromatic nitrogens is 3. The molecule has 6 rings (SSSR count). The van der Waals surface area contributed by atoms with Crippen molar-refractivity contribution >= 4 is 28.4 Å². The second-order valence-electron chi connectivity index (χ2n) is 8.91. The molecular formula is C29H25N5O4. The molecule has 1 atom stereocenters. The van der Waals surface area contributed by atoms with Crippen molar-refractivity contribution in [1.29, 1.82) is 0 Å². The van der Waals surface area contributed by atoms with Crippen LogP contribution in [-0.4, -0.2) is 27.6 Å². The minimum absolute atomic E-state index is 0.0665. The van der Waals surface area contributed by atoms with Crippen molar-refractivity contribution < 1.29 is 19.0 Å². The first-order chi connectivity index (χ1) is 18.5. The summed E-state index contributed by atoms with van der Waals surface area (Å²) in [5.41, 5.74) is 12.0. The minimum atomic E-state index is -0.220. The van der Waals surface area contributed by atoms with Crippen molar-refractivity contribution in [2.45, 2.75) is 19.6 Å². The fourth-order valence-electron chi connectivity index (χ4n) is 4.73.